The molecule has 0 heterocycles. The van der Waals surface area contributed by atoms with Crippen molar-refractivity contribution in [1.82, 2.24) is 16.0 Å². The first kappa shape index (κ1) is 23.5. The lowest BCUT2D eigenvalue weighted by Gasteiger charge is -2.25. The molecule has 0 aromatic heterocycles. The van der Waals surface area contributed by atoms with Crippen molar-refractivity contribution in [3.8, 4) is 0 Å². The van der Waals surface area contributed by atoms with Gasteiger partial charge in [0.1, 0.15) is 6.04 Å². The van der Waals surface area contributed by atoms with Crippen LogP contribution in [-0.2, 0) is 14.4 Å². The molecule has 146 valence electrons. The first-order valence-corrected chi connectivity index (χ1v) is 9.28. The molecule has 0 aromatic rings. The summed E-state index contributed by atoms with van der Waals surface area (Å²) in [5.74, 6) is -0.578. The van der Waals surface area contributed by atoms with E-state index in [2.05, 4.69) is 16.0 Å². The second kappa shape index (κ2) is 12.8. The molecule has 0 aliphatic heterocycles. The highest BCUT2D eigenvalue weighted by molar-refractivity contribution is 5.92. The number of hydrogen-bond donors (Lipinski definition) is 4. The lowest BCUT2D eigenvalue weighted by molar-refractivity contribution is -0.131. The third-order valence-electron chi connectivity index (χ3n) is 4.03. The van der Waals surface area contributed by atoms with Crippen molar-refractivity contribution in [3.05, 3.63) is 0 Å². The molecule has 0 aliphatic rings. The third kappa shape index (κ3) is 9.55. The molecule has 0 unspecified atom stereocenters. The molecule has 0 radical (unpaired) electrons. The van der Waals surface area contributed by atoms with Crippen molar-refractivity contribution < 1.29 is 14.4 Å². The van der Waals surface area contributed by atoms with Crippen LogP contribution in [0.4, 0.5) is 0 Å². The van der Waals surface area contributed by atoms with Crippen LogP contribution in [0.15, 0.2) is 0 Å². The molecule has 7 nitrogen and oxygen atoms in total. The van der Waals surface area contributed by atoms with E-state index in [0.717, 1.165) is 12.8 Å². The molecular weight excluding hydrogens is 320 g/mol. The molecule has 0 fully saturated rings. The summed E-state index contributed by atoms with van der Waals surface area (Å²) in [4.78, 5) is 36.7. The Hall–Kier alpha value is -1.47. The number of amides is 2. The van der Waals surface area contributed by atoms with Crippen molar-refractivity contribution >= 4 is 17.6 Å². The summed E-state index contributed by atoms with van der Waals surface area (Å²) in [7, 11) is 0. The van der Waals surface area contributed by atoms with Crippen LogP contribution in [0.3, 0.4) is 0 Å². The molecule has 2 amide bonds. The van der Waals surface area contributed by atoms with Crippen LogP contribution in [0, 0.1) is 11.8 Å². The second-order valence-electron chi connectivity index (χ2n) is 6.96. The number of rotatable bonds is 13. The minimum absolute atomic E-state index is 0.0133. The van der Waals surface area contributed by atoms with Gasteiger partial charge in [-0.1, -0.05) is 34.6 Å². The minimum Gasteiger partial charge on any atom is -0.347 e. The van der Waals surface area contributed by atoms with Crippen LogP contribution in [0.25, 0.3) is 0 Å². The Labute approximate surface area is 151 Å². The van der Waals surface area contributed by atoms with Crippen LogP contribution >= 0.6 is 0 Å². The zero-order valence-electron chi connectivity index (χ0n) is 16.4. The highest BCUT2D eigenvalue weighted by Crippen LogP contribution is 2.06. The number of ketones is 1. The third-order valence-corrected chi connectivity index (χ3v) is 4.03. The fraction of sp³-hybridized carbons (Fsp3) is 0.833. The smallest absolute Gasteiger partial charge is 0.242 e. The first-order chi connectivity index (χ1) is 11.7. The van der Waals surface area contributed by atoms with Crippen molar-refractivity contribution in [2.75, 3.05) is 19.6 Å². The van der Waals surface area contributed by atoms with Gasteiger partial charge in [-0.3, -0.25) is 14.4 Å². The second-order valence-corrected chi connectivity index (χ2v) is 6.96. The standard InChI is InChI=1S/C18H36N4O3/c1-6-20-16(13(4)5)18(25)22-14(9-7-8-10-19)17(24)21-11-15(23)12(2)3/h12-14,16,20H,6-11,19H2,1-5H3,(H,21,24)(H,22,25)/t14-,16-/m0/s1. The Kier molecular flexibility index (Phi) is 12.1. The van der Waals surface area contributed by atoms with Gasteiger partial charge in [0.2, 0.25) is 11.8 Å². The number of carbonyl (C=O) groups excluding carboxylic acids is 3. The number of hydrogen-bond acceptors (Lipinski definition) is 5. The van der Waals surface area contributed by atoms with Crippen LogP contribution in [0.5, 0.6) is 0 Å². The maximum Gasteiger partial charge on any atom is 0.242 e. The molecule has 7 heteroatoms. The van der Waals surface area contributed by atoms with Crippen molar-refractivity contribution in [1.29, 1.82) is 0 Å². The first-order valence-electron chi connectivity index (χ1n) is 9.28. The monoisotopic (exact) mass is 356 g/mol. The van der Waals surface area contributed by atoms with Gasteiger partial charge in [0, 0.05) is 5.92 Å². The Morgan fingerprint density at radius 1 is 1.00 bits per heavy atom. The molecule has 5 N–H and O–H groups in total. The van der Waals surface area contributed by atoms with Gasteiger partial charge in [0.05, 0.1) is 12.6 Å². The highest BCUT2D eigenvalue weighted by Gasteiger charge is 2.27. The maximum absolute atomic E-state index is 12.5. The Morgan fingerprint density at radius 2 is 1.64 bits per heavy atom. The van der Waals surface area contributed by atoms with Gasteiger partial charge < -0.3 is 21.7 Å². The Bertz CT molecular complexity index is 425. The summed E-state index contributed by atoms with van der Waals surface area (Å²) in [6.07, 6.45) is 2.02. The molecule has 0 spiro atoms. The largest absolute Gasteiger partial charge is 0.347 e. The zero-order valence-corrected chi connectivity index (χ0v) is 16.4. The van der Waals surface area contributed by atoms with E-state index in [9.17, 15) is 14.4 Å². The van der Waals surface area contributed by atoms with E-state index in [-0.39, 0.29) is 42.0 Å². The Balaban J connectivity index is 4.86. The molecular formula is C18H36N4O3. The number of unbranched alkanes of at least 4 members (excludes halogenated alkanes) is 1. The van der Waals surface area contributed by atoms with Crippen molar-refractivity contribution in [3.63, 3.8) is 0 Å². The summed E-state index contributed by atoms with van der Waals surface area (Å²) in [5.41, 5.74) is 5.51. The molecule has 0 rings (SSSR count). The molecule has 0 aliphatic carbocycles. The van der Waals surface area contributed by atoms with E-state index in [0.29, 0.717) is 19.5 Å². The number of likely N-dealkylation sites (N-methyl/N-ethyl adjacent to an activating group) is 1. The van der Waals surface area contributed by atoms with Gasteiger partial charge in [0.25, 0.3) is 0 Å². The molecule has 0 bridgehead atoms. The van der Waals surface area contributed by atoms with Gasteiger partial charge in [-0.25, -0.2) is 0 Å². The van der Waals surface area contributed by atoms with E-state index < -0.39 is 6.04 Å². The highest BCUT2D eigenvalue weighted by atomic mass is 16.2. The number of carbonyl (C=O) groups is 3. The van der Waals surface area contributed by atoms with E-state index in [1.54, 1.807) is 13.8 Å². The topological polar surface area (TPSA) is 113 Å². The normalized spacial score (nSPS) is 13.6. The molecule has 0 aromatic carbocycles. The van der Waals surface area contributed by atoms with Gasteiger partial charge in [-0.2, -0.15) is 0 Å². The van der Waals surface area contributed by atoms with Gasteiger partial charge in [0.15, 0.2) is 5.78 Å². The molecule has 25 heavy (non-hydrogen) atoms. The summed E-state index contributed by atoms with van der Waals surface area (Å²) in [6.45, 7) is 10.6. The van der Waals surface area contributed by atoms with Gasteiger partial charge >= 0.3 is 0 Å². The van der Waals surface area contributed by atoms with E-state index in [1.165, 1.54) is 0 Å². The van der Waals surface area contributed by atoms with Crippen LogP contribution < -0.4 is 21.7 Å². The number of nitrogens with two attached hydrogens (primary N) is 1. The quantitative estimate of drug-likeness (QED) is 0.360. The summed E-state index contributed by atoms with van der Waals surface area (Å²) in [6, 6.07) is -1.01. The fourth-order valence-electron chi connectivity index (χ4n) is 2.38. The van der Waals surface area contributed by atoms with E-state index in [4.69, 9.17) is 5.73 Å². The zero-order chi connectivity index (χ0) is 19.4. The van der Waals surface area contributed by atoms with Gasteiger partial charge in [-0.15, -0.1) is 0 Å². The predicted octanol–water partition coefficient (Wildman–Crippen LogP) is 0.576. The Morgan fingerprint density at radius 3 is 2.12 bits per heavy atom. The van der Waals surface area contributed by atoms with Crippen LogP contribution in [0.2, 0.25) is 0 Å². The maximum atomic E-state index is 12.5. The summed E-state index contributed by atoms with van der Waals surface area (Å²) in [5, 5.41) is 8.61. The van der Waals surface area contributed by atoms with Crippen molar-refractivity contribution in [2.24, 2.45) is 17.6 Å². The summed E-state index contributed by atoms with van der Waals surface area (Å²) < 4.78 is 0. The molecule has 0 saturated heterocycles. The van der Waals surface area contributed by atoms with Crippen LogP contribution in [0.1, 0.15) is 53.9 Å². The summed E-state index contributed by atoms with van der Waals surface area (Å²) >= 11 is 0. The average Bonchev–Trinajstić information content (AvgIpc) is 2.55. The lowest BCUT2D eigenvalue weighted by Crippen LogP contribution is -2.54. The average molecular weight is 357 g/mol. The van der Waals surface area contributed by atoms with Crippen LogP contribution in [-0.4, -0.2) is 49.3 Å². The van der Waals surface area contributed by atoms with Gasteiger partial charge in [-0.05, 0) is 38.3 Å². The number of Topliss-reactive ketones (excluding diaryl/α,β-unsaturated/α-hetero) is 1. The predicted molar refractivity (Wildman–Crippen MR) is 100.0 cm³/mol. The number of nitrogens with one attached hydrogen (secondary N) is 3. The fourth-order valence-corrected chi connectivity index (χ4v) is 2.38. The van der Waals surface area contributed by atoms with E-state index >= 15 is 0 Å². The minimum atomic E-state index is -0.654. The SMILES string of the molecule is CCN[C@H](C(=O)N[C@@H](CCCCN)C(=O)NCC(=O)C(C)C)C(C)C. The molecule has 2 atom stereocenters. The molecule has 0 saturated carbocycles. The van der Waals surface area contributed by atoms with Crippen molar-refractivity contribution in [2.45, 2.75) is 66.0 Å². The lowest BCUT2D eigenvalue weighted by atomic mass is 10.0. The van der Waals surface area contributed by atoms with E-state index in [1.807, 2.05) is 20.8 Å².